The minimum Gasteiger partial charge on any atom is -0.388 e. The van der Waals surface area contributed by atoms with Crippen molar-refractivity contribution in [1.82, 2.24) is 19.7 Å². The molecule has 3 fully saturated rings. The summed E-state index contributed by atoms with van der Waals surface area (Å²) in [5, 5.41) is 27.7. The molecule has 0 bridgehead atoms. The van der Waals surface area contributed by atoms with Gasteiger partial charge in [0.2, 0.25) is 5.82 Å². The Labute approximate surface area is 220 Å². The van der Waals surface area contributed by atoms with Gasteiger partial charge in [0.25, 0.3) is 0 Å². The number of ether oxygens (including phenoxy) is 3. The van der Waals surface area contributed by atoms with Gasteiger partial charge >= 0.3 is 7.60 Å². The van der Waals surface area contributed by atoms with Crippen LogP contribution in [0.15, 0.2) is 6.20 Å². The smallest absolute Gasteiger partial charge is 0.359 e. The van der Waals surface area contributed by atoms with Gasteiger partial charge in [-0.1, -0.05) is 18.8 Å². The van der Waals surface area contributed by atoms with E-state index in [0.29, 0.717) is 29.7 Å². The zero-order valence-electron chi connectivity index (χ0n) is 21.4. The van der Waals surface area contributed by atoms with E-state index in [2.05, 4.69) is 32.2 Å². The molecule has 2 saturated carbocycles. The molecule has 1 aliphatic heterocycles. The summed E-state index contributed by atoms with van der Waals surface area (Å²) < 4.78 is 30.0. The van der Waals surface area contributed by atoms with Gasteiger partial charge in [0, 0.05) is 19.6 Å². The molecule has 2 aromatic heterocycles. The van der Waals surface area contributed by atoms with E-state index in [1.165, 1.54) is 18.7 Å². The summed E-state index contributed by atoms with van der Waals surface area (Å²) in [6.07, 6.45) is 4.81. The third-order valence-electron chi connectivity index (χ3n) is 7.30. The number of aromatic nitrogens is 4. The Morgan fingerprint density at radius 1 is 1.32 bits per heavy atom. The molecule has 2 aromatic rings. The lowest BCUT2D eigenvalue weighted by Crippen LogP contribution is -2.36. The maximum absolute atomic E-state index is 12.0. The number of aliphatic hydroxyl groups is 2. The average Bonchev–Trinajstić information content (AvgIpc) is 3.23. The van der Waals surface area contributed by atoms with Gasteiger partial charge in [-0.25, -0.2) is 14.6 Å². The van der Waals surface area contributed by atoms with Gasteiger partial charge in [-0.15, -0.1) is 0 Å². The van der Waals surface area contributed by atoms with Crippen LogP contribution in [-0.4, -0.2) is 89.3 Å². The molecule has 1 saturated heterocycles. The largest absolute Gasteiger partial charge is 0.388 e. The molecule has 208 valence electrons. The summed E-state index contributed by atoms with van der Waals surface area (Å²) >= 11 is 0. The molecule has 0 aromatic carbocycles. The topological polar surface area (TPSA) is 181 Å². The van der Waals surface area contributed by atoms with E-state index < -0.39 is 37.0 Å². The van der Waals surface area contributed by atoms with Crippen molar-refractivity contribution in [3.63, 3.8) is 0 Å². The van der Waals surface area contributed by atoms with Crippen LogP contribution in [0.25, 0.3) is 11.0 Å². The lowest BCUT2D eigenvalue weighted by molar-refractivity contribution is -0.0995. The summed E-state index contributed by atoms with van der Waals surface area (Å²) in [6, 6.07) is 0.273. The molecule has 13 nitrogen and oxygen atoms in total. The Hall–Kier alpha value is -2.14. The fourth-order valence-corrected chi connectivity index (χ4v) is 5.30. The highest BCUT2D eigenvalue weighted by Crippen LogP contribution is 2.51. The van der Waals surface area contributed by atoms with E-state index in [1.807, 2.05) is 0 Å². The van der Waals surface area contributed by atoms with E-state index >= 15 is 0 Å². The van der Waals surface area contributed by atoms with Gasteiger partial charge < -0.3 is 39.5 Å². The number of nitrogens with one attached hydrogen (secondary N) is 1. The van der Waals surface area contributed by atoms with Crippen LogP contribution < -0.4 is 5.32 Å². The minimum atomic E-state index is -4.65. The highest BCUT2D eigenvalue weighted by atomic mass is 31.2. The molecule has 5 rings (SSSR count). The van der Waals surface area contributed by atoms with Crippen LogP contribution in [0.4, 0.5) is 5.82 Å². The maximum Gasteiger partial charge on any atom is 0.359 e. The first-order valence-electron chi connectivity index (χ1n) is 12.8. The van der Waals surface area contributed by atoms with E-state index in [0.717, 1.165) is 25.7 Å². The molecule has 5 N–H and O–H groups in total. The third-order valence-corrected chi connectivity index (χ3v) is 8.79. The number of fused-ring (bicyclic) bond motifs is 1. The molecule has 14 heteroatoms. The Bertz CT molecular complexity index is 1280. The highest BCUT2D eigenvalue weighted by Gasteiger charge is 2.46. The van der Waals surface area contributed by atoms with Crippen LogP contribution in [0.3, 0.4) is 0 Å². The van der Waals surface area contributed by atoms with Crippen LogP contribution in [0, 0.1) is 11.8 Å². The predicted molar refractivity (Wildman–Crippen MR) is 135 cm³/mol. The number of aliphatic hydroxyl groups excluding tert-OH is 1. The second-order valence-corrected chi connectivity index (χ2v) is 12.6. The van der Waals surface area contributed by atoms with Crippen molar-refractivity contribution in [2.24, 2.45) is 0 Å². The quantitative estimate of drug-likeness (QED) is 0.223. The number of rotatable bonds is 9. The van der Waals surface area contributed by atoms with E-state index in [-0.39, 0.29) is 31.5 Å². The molecule has 0 amide bonds. The average molecular weight is 552 g/mol. The van der Waals surface area contributed by atoms with Crippen molar-refractivity contribution >= 4 is 24.4 Å². The fraction of sp³-hybridized carbons (Fsp3) is 0.708. The Morgan fingerprint density at radius 3 is 2.71 bits per heavy atom. The molecular formula is C24H34N5O8P. The van der Waals surface area contributed by atoms with Gasteiger partial charge in [0.1, 0.15) is 17.5 Å². The van der Waals surface area contributed by atoms with Crippen LogP contribution in [0.2, 0.25) is 0 Å². The van der Waals surface area contributed by atoms with Crippen molar-refractivity contribution in [1.29, 1.82) is 0 Å². The molecule has 1 unspecified atom stereocenters. The normalized spacial score (nSPS) is 26.7. The van der Waals surface area contributed by atoms with E-state index in [1.54, 1.807) is 6.20 Å². The summed E-state index contributed by atoms with van der Waals surface area (Å²) in [7, 11) is -3.32. The van der Waals surface area contributed by atoms with Gasteiger partial charge in [-0.3, -0.25) is 4.57 Å². The summed E-state index contributed by atoms with van der Waals surface area (Å²) in [5.74, 6) is 6.53. The van der Waals surface area contributed by atoms with Crippen molar-refractivity contribution in [3.8, 4) is 11.8 Å². The van der Waals surface area contributed by atoms with Gasteiger partial charge in [-0.2, -0.15) is 5.10 Å². The molecule has 0 radical (unpaired) electrons. The summed E-state index contributed by atoms with van der Waals surface area (Å²) in [6.45, 7) is 0.792. The van der Waals surface area contributed by atoms with Crippen molar-refractivity contribution in [3.05, 3.63) is 12.0 Å². The zero-order valence-corrected chi connectivity index (χ0v) is 22.3. The van der Waals surface area contributed by atoms with Crippen molar-refractivity contribution in [2.75, 3.05) is 25.6 Å². The lowest BCUT2D eigenvalue weighted by atomic mass is 10.2. The van der Waals surface area contributed by atoms with E-state index in [9.17, 15) is 24.6 Å². The Kier molecular flexibility index (Phi) is 7.54. The maximum atomic E-state index is 12.0. The Morgan fingerprint density at radius 2 is 2.05 bits per heavy atom. The SMILES string of the molecule is COCC(C)(OC[C@@H]1C[C@@H](O)[C@H](n2ncc3c(NC4CCCC4)nc(C#CC4(O)CC4)nc32)O1)P(=O)(O)O. The molecule has 38 heavy (non-hydrogen) atoms. The first-order valence-corrected chi connectivity index (χ1v) is 14.4. The molecular weight excluding hydrogens is 517 g/mol. The highest BCUT2D eigenvalue weighted by molar-refractivity contribution is 7.53. The first kappa shape index (κ1) is 27.4. The summed E-state index contributed by atoms with van der Waals surface area (Å²) in [5.41, 5.74) is -0.572. The Balaban J connectivity index is 1.40. The van der Waals surface area contributed by atoms with Crippen LogP contribution in [-0.2, 0) is 18.8 Å². The predicted octanol–water partition coefficient (Wildman–Crippen LogP) is 1.26. The molecule has 2 aliphatic carbocycles. The molecule has 4 atom stereocenters. The van der Waals surface area contributed by atoms with Crippen LogP contribution in [0.1, 0.15) is 63.9 Å². The van der Waals surface area contributed by atoms with Gasteiger partial charge in [-0.05, 0) is 38.5 Å². The third kappa shape index (κ3) is 5.73. The van der Waals surface area contributed by atoms with Gasteiger partial charge in [0.15, 0.2) is 17.2 Å². The minimum absolute atomic E-state index is 0.161. The zero-order chi connectivity index (χ0) is 27.1. The first-order chi connectivity index (χ1) is 18.0. The number of nitrogens with zero attached hydrogens (tertiary/aromatic N) is 4. The van der Waals surface area contributed by atoms with Crippen LogP contribution in [0.5, 0.6) is 0 Å². The molecule has 3 aliphatic rings. The van der Waals surface area contributed by atoms with Crippen LogP contribution >= 0.6 is 7.60 Å². The number of hydrogen-bond donors (Lipinski definition) is 5. The number of anilines is 1. The van der Waals surface area contributed by atoms with Gasteiger partial charge in [0.05, 0.1) is 30.9 Å². The second kappa shape index (κ2) is 10.4. The fourth-order valence-electron chi connectivity index (χ4n) is 4.76. The lowest BCUT2D eigenvalue weighted by Gasteiger charge is -2.30. The monoisotopic (exact) mass is 551 g/mol. The van der Waals surface area contributed by atoms with E-state index in [4.69, 9.17) is 14.2 Å². The molecule has 3 heterocycles. The van der Waals surface area contributed by atoms with Crippen molar-refractivity contribution in [2.45, 2.75) is 87.3 Å². The number of hydrogen-bond acceptors (Lipinski definition) is 10. The van der Waals surface area contributed by atoms with Crippen molar-refractivity contribution < 1.29 is 38.8 Å². The number of methoxy groups -OCH3 is 1. The molecule has 0 spiro atoms. The standard InChI is InChI=1S/C24H34N5O8P/c1-23(14-35-2,38(32,33)34)36-13-16-11-18(30)22(37-16)29-21-17(12-25-29)20(26-15-5-3-4-6-15)27-19(28-21)7-8-24(31)9-10-24/h12,15-16,18,22,30-31H,3-6,9-11,13-14H2,1-2H3,(H,26,27,28)(H2,32,33,34)/t16-,18+,22+,23?/m0/s1. The second-order valence-electron chi connectivity index (χ2n) is 10.5. The summed E-state index contributed by atoms with van der Waals surface area (Å²) in [4.78, 5) is 28.6.